The van der Waals surface area contributed by atoms with Crippen LogP contribution in [0.3, 0.4) is 0 Å². The van der Waals surface area contributed by atoms with Crippen LogP contribution in [0.1, 0.15) is 59.8 Å². The van der Waals surface area contributed by atoms with Crippen molar-refractivity contribution in [2.45, 2.75) is 84.0 Å². The highest BCUT2D eigenvalue weighted by Gasteiger charge is 2.31. The van der Waals surface area contributed by atoms with E-state index < -0.39 is 72.6 Å². The lowest BCUT2D eigenvalue weighted by Gasteiger charge is -2.25. The molecule has 8 N–H and O–H groups in total. The van der Waals surface area contributed by atoms with Crippen molar-refractivity contribution in [1.29, 1.82) is 0 Å². The van der Waals surface area contributed by atoms with Gasteiger partial charge in [0.1, 0.15) is 18.1 Å². The molecule has 13 nitrogen and oxygen atoms in total. The molecule has 194 valence electrons. The average molecular weight is 489 g/mol. The number of carbonyl (C=O) groups is 6. The van der Waals surface area contributed by atoms with Gasteiger partial charge in [-0.15, -0.1) is 0 Å². The van der Waals surface area contributed by atoms with Crippen LogP contribution in [0, 0.1) is 11.8 Å². The molecule has 4 unspecified atom stereocenters. The predicted octanol–water partition coefficient (Wildman–Crippen LogP) is -0.716. The molecule has 4 atom stereocenters. The van der Waals surface area contributed by atoms with Gasteiger partial charge in [-0.1, -0.05) is 27.7 Å². The Balaban J connectivity index is 5.64. The summed E-state index contributed by atoms with van der Waals surface area (Å²) >= 11 is 0. The summed E-state index contributed by atoms with van der Waals surface area (Å²) in [6.45, 7) is 6.87. The zero-order valence-corrected chi connectivity index (χ0v) is 19.9. The summed E-state index contributed by atoms with van der Waals surface area (Å²) < 4.78 is 0. The van der Waals surface area contributed by atoms with E-state index in [9.17, 15) is 33.9 Å². The van der Waals surface area contributed by atoms with Crippen LogP contribution in [0.2, 0.25) is 0 Å². The minimum absolute atomic E-state index is 0.0748. The molecular formula is C21H36N4O9. The number of rotatable bonds is 16. The fourth-order valence-electron chi connectivity index (χ4n) is 2.88. The number of hydrogen-bond donors (Lipinski definition) is 7. The van der Waals surface area contributed by atoms with Crippen molar-refractivity contribution in [3.63, 3.8) is 0 Å². The van der Waals surface area contributed by atoms with Crippen LogP contribution in [-0.4, -0.2) is 75.1 Å². The Kier molecular flexibility index (Phi) is 13.4. The Hall–Kier alpha value is -3.22. The van der Waals surface area contributed by atoms with Gasteiger partial charge in [0.05, 0.1) is 6.04 Å². The van der Waals surface area contributed by atoms with Crippen molar-refractivity contribution in [2.75, 3.05) is 0 Å². The third-order valence-corrected chi connectivity index (χ3v) is 4.90. The zero-order chi connectivity index (χ0) is 26.6. The molecule has 0 fully saturated rings. The second-order valence-electron chi connectivity index (χ2n) is 8.79. The molecule has 0 aliphatic rings. The number of carboxylic acids is 3. The molecule has 0 heterocycles. The van der Waals surface area contributed by atoms with Crippen LogP contribution in [-0.2, 0) is 28.8 Å². The van der Waals surface area contributed by atoms with Crippen LogP contribution in [0.5, 0.6) is 0 Å². The first kappa shape index (κ1) is 30.8. The van der Waals surface area contributed by atoms with E-state index >= 15 is 0 Å². The minimum atomic E-state index is -1.43. The van der Waals surface area contributed by atoms with Crippen LogP contribution in [0.15, 0.2) is 0 Å². The summed E-state index contributed by atoms with van der Waals surface area (Å²) in [5.41, 5.74) is 5.77. The van der Waals surface area contributed by atoms with E-state index in [0.717, 1.165) is 0 Å². The van der Waals surface area contributed by atoms with Crippen molar-refractivity contribution in [2.24, 2.45) is 17.6 Å². The lowest BCUT2D eigenvalue weighted by atomic mass is 10.0. The number of amides is 3. The second kappa shape index (κ2) is 14.8. The van der Waals surface area contributed by atoms with Crippen molar-refractivity contribution >= 4 is 35.6 Å². The van der Waals surface area contributed by atoms with E-state index in [0.29, 0.717) is 0 Å². The summed E-state index contributed by atoms with van der Waals surface area (Å²) in [4.78, 5) is 71.3. The molecule has 0 spiro atoms. The molecule has 0 bridgehead atoms. The fourth-order valence-corrected chi connectivity index (χ4v) is 2.88. The highest BCUT2D eigenvalue weighted by Crippen LogP contribution is 2.08. The van der Waals surface area contributed by atoms with E-state index in [1.54, 1.807) is 27.7 Å². The third-order valence-electron chi connectivity index (χ3n) is 4.90. The monoisotopic (exact) mass is 488 g/mol. The molecule has 13 heteroatoms. The minimum Gasteiger partial charge on any atom is -0.481 e. The summed E-state index contributed by atoms with van der Waals surface area (Å²) in [7, 11) is 0. The molecular weight excluding hydrogens is 452 g/mol. The quantitative estimate of drug-likeness (QED) is 0.144. The topological polar surface area (TPSA) is 225 Å². The van der Waals surface area contributed by atoms with E-state index in [-0.39, 0.29) is 31.1 Å². The number of nitrogens with two attached hydrogens (primary N) is 1. The van der Waals surface area contributed by atoms with Crippen molar-refractivity contribution in [3.8, 4) is 0 Å². The van der Waals surface area contributed by atoms with Gasteiger partial charge in [-0.25, -0.2) is 4.79 Å². The summed E-state index contributed by atoms with van der Waals surface area (Å²) in [5.74, 6) is -6.65. The Morgan fingerprint density at radius 3 is 1.38 bits per heavy atom. The van der Waals surface area contributed by atoms with Gasteiger partial charge in [-0.05, 0) is 31.1 Å². The van der Waals surface area contributed by atoms with Gasteiger partial charge in [0, 0.05) is 12.8 Å². The number of aliphatic carboxylic acids is 3. The normalized spacial score (nSPS) is 14.6. The Morgan fingerprint density at radius 2 is 1.06 bits per heavy atom. The first-order valence-corrected chi connectivity index (χ1v) is 11.0. The standard InChI is InChI=1S/C21H36N4O9/c1-10(2)9-14(21(33)34)25-19(31)12(5-7-15(26)27)23-18(30)13(6-8-16(28)29)24-20(32)17(22)11(3)4/h10-14,17H,5-9,22H2,1-4H3,(H,23,30)(H,24,32)(H,25,31)(H,26,27)(H,28,29)(H,33,34). The van der Waals surface area contributed by atoms with Crippen LogP contribution in [0.25, 0.3) is 0 Å². The largest absolute Gasteiger partial charge is 0.481 e. The Labute approximate surface area is 197 Å². The Bertz CT molecular complexity index is 755. The lowest BCUT2D eigenvalue weighted by Crippen LogP contribution is -2.57. The van der Waals surface area contributed by atoms with Crippen molar-refractivity contribution in [3.05, 3.63) is 0 Å². The fraction of sp³-hybridized carbons (Fsp3) is 0.714. The smallest absolute Gasteiger partial charge is 0.326 e. The molecule has 0 aliphatic carbocycles. The molecule has 0 saturated heterocycles. The Morgan fingerprint density at radius 1 is 0.676 bits per heavy atom. The number of carbonyl (C=O) groups excluding carboxylic acids is 3. The van der Waals surface area contributed by atoms with Gasteiger partial charge in [-0.2, -0.15) is 0 Å². The zero-order valence-electron chi connectivity index (χ0n) is 19.9. The number of hydrogen-bond acceptors (Lipinski definition) is 7. The highest BCUT2D eigenvalue weighted by molar-refractivity contribution is 5.94. The average Bonchev–Trinajstić information content (AvgIpc) is 2.71. The molecule has 0 saturated carbocycles. The van der Waals surface area contributed by atoms with E-state index in [4.69, 9.17) is 15.9 Å². The maximum atomic E-state index is 12.8. The van der Waals surface area contributed by atoms with Gasteiger partial charge in [-0.3, -0.25) is 24.0 Å². The SMILES string of the molecule is CC(C)CC(NC(=O)C(CCC(=O)O)NC(=O)C(CCC(=O)O)NC(=O)C(N)C(C)C)C(=O)O. The van der Waals surface area contributed by atoms with Crippen LogP contribution < -0.4 is 21.7 Å². The maximum Gasteiger partial charge on any atom is 0.326 e. The number of nitrogens with one attached hydrogen (secondary N) is 3. The first-order chi connectivity index (χ1) is 15.6. The summed E-state index contributed by atoms with van der Waals surface area (Å²) in [5, 5.41) is 34.3. The molecule has 3 amide bonds. The van der Waals surface area contributed by atoms with Crippen LogP contribution >= 0.6 is 0 Å². The summed E-state index contributed by atoms with van der Waals surface area (Å²) in [6, 6.07) is -5.03. The van der Waals surface area contributed by atoms with E-state index in [1.165, 1.54) is 0 Å². The molecule has 0 aliphatic heterocycles. The second-order valence-corrected chi connectivity index (χ2v) is 8.79. The van der Waals surface area contributed by atoms with Crippen LogP contribution in [0.4, 0.5) is 0 Å². The molecule has 0 aromatic heterocycles. The lowest BCUT2D eigenvalue weighted by molar-refractivity contribution is -0.143. The highest BCUT2D eigenvalue weighted by atomic mass is 16.4. The molecule has 0 aromatic carbocycles. The summed E-state index contributed by atoms with van der Waals surface area (Å²) in [6.07, 6.45) is -1.55. The molecule has 0 radical (unpaired) electrons. The van der Waals surface area contributed by atoms with Gasteiger partial charge in [0.15, 0.2) is 0 Å². The van der Waals surface area contributed by atoms with Gasteiger partial charge >= 0.3 is 17.9 Å². The van der Waals surface area contributed by atoms with Gasteiger partial charge in [0.25, 0.3) is 0 Å². The van der Waals surface area contributed by atoms with Crippen molar-refractivity contribution in [1.82, 2.24) is 16.0 Å². The molecule has 34 heavy (non-hydrogen) atoms. The number of carboxylic acid groups (broad SMARTS) is 3. The van der Waals surface area contributed by atoms with Gasteiger partial charge < -0.3 is 37.0 Å². The third kappa shape index (κ3) is 12.1. The van der Waals surface area contributed by atoms with Gasteiger partial charge in [0.2, 0.25) is 17.7 Å². The molecule has 0 aromatic rings. The molecule has 0 rings (SSSR count). The van der Waals surface area contributed by atoms with E-state index in [1.807, 2.05) is 0 Å². The van der Waals surface area contributed by atoms with E-state index in [2.05, 4.69) is 16.0 Å². The van der Waals surface area contributed by atoms with Crippen molar-refractivity contribution < 1.29 is 44.1 Å². The first-order valence-electron chi connectivity index (χ1n) is 11.0. The maximum absolute atomic E-state index is 12.8. The predicted molar refractivity (Wildman–Crippen MR) is 119 cm³/mol.